The molecule has 3 nitrogen and oxygen atoms in total. The molecule has 28 heavy (non-hydrogen) atoms. The van der Waals surface area contributed by atoms with Gasteiger partial charge in [0.05, 0.1) is 18.3 Å². The number of thioether (sulfide) groups is 1. The first-order valence-electron chi connectivity index (χ1n) is 8.82. The van der Waals surface area contributed by atoms with E-state index in [0.717, 1.165) is 26.8 Å². The van der Waals surface area contributed by atoms with E-state index < -0.39 is 0 Å². The fourth-order valence-electron chi connectivity index (χ4n) is 3.14. The lowest BCUT2D eigenvalue weighted by Crippen LogP contribution is -2.18. The maximum absolute atomic E-state index is 12.7. The van der Waals surface area contributed by atoms with Crippen molar-refractivity contribution in [1.29, 1.82) is 0 Å². The summed E-state index contributed by atoms with van der Waals surface area (Å²) in [7, 11) is 1.61. The van der Waals surface area contributed by atoms with Crippen LogP contribution in [-0.4, -0.2) is 11.7 Å². The quantitative estimate of drug-likeness (QED) is 0.345. The molecule has 0 spiro atoms. The Labute approximate surface area is 176 Å². The van der Waals surface area contributed by atoms with Crippen LogP contribution in [0.2, 0.25) is 0 Å². The van der Waals surface area contributed by atoms with Crippen molar-refractivity contribution in [2.24, 2.45) is 0 Å². The number of methoxy groups -OCH3 is 1. The van der Waals surface area contributed by atoms with E-state index in [1.807, 2.05) is 36.4 Å². The summed E-state index contributed by atoms with van der Waals surface area (Å²) in [5.41, 5.74) is 2.77. The molecule has 0 atom stereocenters. The van der Waals surface area contributed by atoms with Crippen molar-refractivity contribution in [1.82, 2.24) is 4.57 Å². The Morgan fingerprint density at radius 1 is 0.964 bits per heavy atom. The van der Waals surface area contributed by atoms with E-state index >= 15 is 0 Å². The lowest BCUT2D eigenvalue weighted by Gasteiger charge is -2.15. The van der Waals surface area contributed by atoms with Crippen molar-refractivity contribution in [3.63, 3.8) is 0 Å². The normalized spacial score (nSPS) is 10.9. The lowest BCUT2D eigenvalue weighted by molar-refractivity contribution is 0.413. The molecule has 0 amide bonds. The van der Waals surface area contributed by atoms with Gasteiger partial charge in [-0.2, -0.15) is 0 Å². The minimum Gasteiger partial charge on any atom is -0.495 e. The summed E-state index contributed by atoms with van der Waals surface area (Å²) in [6, 6.07) is 25.7. The van der Waals surface area contributed by atoms with E-state index in [4.69, 9.17) is 4.74 Å². The van der Waals surface area contributed by atoms with Gasteiger partial charge in [0.25, 0.3) is 5.56 Å². The zero-order valence-corrected chi connectivity index (χ0v) is 17.7. The molecule has 1 aromatic heterocycles. The SMILES string of the molecule is COc1ccc(Br)cc1-n1c(=O)ccc2cc(SCc3ccccc3)ccc21. The smallest absolute Gasteiger partial charge is 0.255 e. The number of fused-ring (bicyclic) bond motifs is 1. The van der Waals surface area contributed by atoms with Crippen molar-refractivity contribution >= 4 is 38.6 Å². The fraction of sp³-hybridized carbons (Fsp3) is 0.0870. The van der Waals surface area contributed by atoms with Gasteiger partial charge in [-0.3, -0.25) is 9.36 Å². The van der Waals surface area contributed by atoms with E-state index in [1.54, 1.807) is 29.5 Å². The molecule has 0 aliphatic heterocycles. The van der Waals surface area contributed by atoms with E-state index in [9.17, 15) is 4.79 Å². The molecule has 0 unspecified atom stereocenters. The monoisotopic (exact) mass is 451 g/mol. The topological polar surface area (TPSA) is 31.2 Å². The molecule has 0 saturated carbocycles. The third-order valence-electron chi connectivity index (χ3n) is 4.50. The number of halogens is 1. The number of aromatic nitrogens is 1. The van der Waals surface area contributed by atoms with Gasteiger partial charge in [-0.25, -0.2) is 0 Å². The van der Waals surface area contributed by atoms with Gasteiger partial charge in [-0.05, 0) is 53.4 Å². The molecule has 0 radical (unpaired) electrons. The largest absolute Gasteiger partial charge is 0.495 e. The Hall–Kier alpha value is -2.50. The fourth-order valence-corrected chi connectivity index (χ4v) is 4.39. The Balaban J connectivity index is 1.76. The van der Waals surface area contributed by atoms with Crippen LogP contribution in [0.25, 0.3) is 16.6 Å². The second kappa shape index (κ2) is 8.25. The molecule has 0 fully saturated rings. The molecule has 5 heteroatoms. The molecule has 0 bridgehead atoms. The van der Waals surface area contributed by atoms with Crippen molar-refractivity contribution in [3.05, 3.63) is 99.3 Å². The van der Waals surface area contributed by atoms with E-state index in [1.165, 1.54) is 10.5 Å². The summed E-state index contributed by atoms with van der Waals surface area (Å²) in [5, 5.41) is 1.01. The first-order chi connectivity index (χ1) is 13.7. The van der Waals surface area contributed by atoms with Crippen LogP contribution in [0.3, 0.4) is 0 Å². The van der Waals surface area contributed by atoms with Crippen LogP contribution in [0.5, 0.6) is 5.75 Å². The highest BCUT2D eigenvalue weighted by Crippen LogP contribution is 2.30. The maximum Gasteiger partial charge on any atom is 0.255 e. The van der Waals surface area contributed by atoms with Crippen LogP contribution in [-0.2, 0) is 5.75 Å². The standard InChI is InChI=1S/C23H18BrNO2S/c1-27-22-11-8-18(24)14-21(22)25-20-10-9-19(13-17(20)7-12-23(25)26)28-15-16-5-3-2-4-6-16/h2-14H,15H2,1H3. The van der Waals surface area contributed by atoms with Gasteiger partial charge in [-0.15, -0.1) is 11.8 Å². The van der Waals surface area contributed by atoms with Gasteiger partial charge in [0.1, 0.15) is 5.75 Å². The van der Waals surface area contributed by atoms with Gasteiger partial charge in [0.15, 0.2) is 0 Å². The highest BCUT2D eigenvalue weighted by atomic mass is 79.9. The van der Waals surface area contributed by atoms with Crippen molar-refractivity contribution in [3.8, 4) is 11.4 Å². The van der Waals surface area contributed by atoms with E-state index in [0.29, 0.717) is 5.75 Å². The van der Waals surface area contributed by atoms with Gasteiger partial charge in [0.2, 0.25) is 0 Å². The lowest BCUT2D eigenvalue weighted by atomic mass is 10.2. The van der Waals surface area contributed by atoms with Crippen LogP contribution in [0, 0.1) is 0 Å². The summed E-state index contributed by atoms with van der Waals surface area (Å²) < 4.78 is 8.08. The van der Waals surface area contributed by atoms with Gasteiger partial charge < -0.3 is 4.74 Å². The van der Waals surface area contributed by atoms with E-state index in [2.05, 4.69) is 52.3 Å². The molecule has 0 aliphatic rings. The predicted molar refractivity (Wildman–Crippen MR) is 120 cm³/mol. The summed E-state index contributed by atoms with van der Waals surface area (Å²) in [4.78, 5) is 13.9. The number of rotatable bonds is 5. The first kappa shape index (κ1) is 18.8. The Morgan fingerprint density at radius 3 is 2.57 bits per heavy atom. The summed E-state index contributed by atoms with van der Waals surface area (Å²) >= 11 is 5.28. The number of hydrogen-bond acceptors (Lipinski definition) is 3. The molecule has 0 N–H and O–H groups in total. The Kier molecular flexibility index (Phi) is 5.55. The third kappa shape index (κ3) is 3.86. The highest BCUT2D eigenvalue weighted by Gasteiger charge is 2.12. The molecule has 140 valence electrons. The minimum absolute atomic E-state index is 0.0893. The number of nitrogens with zero attached hydrogens (tertiary/aromatic N) is 1. The number of pyridine rings is 1. The molecular formula is C23H18BrNO2S. The molecule has 4 rings (SSSR count). The second-order valence-electron chi connectivity index (χ2n) is 6.32. The average molecular weight is 452 g/mol. The number of benzene rings is 3. The Morgan fingerprint density at radius 2 is 1.79 bits per heavy atom. The van der Waals surface area contributed by atoms with Crippen LogP contribution in [0.4, 0.5) is 0 Å². The molecule has 0 saturated heterocycles. The van der Waals surface area contributed by atoms with Crippen molar-refractivity contribution in [2.75, 3.05) is 7.11 Å². The average Bonchev–Trinajstić information content (AvgIpc) is 2.73. The van der Waals surface area contributed by atoms with Crippen LogP contribution in [0.15, 0.2) is 93.0 Å². The maximum atomic E-state index is 12.7. The highest BCUT2D eigenvalue weighted by molar-refractivity contribution is 9.10. The van der Waals surface area contributed by atoms with Gasteiger partial charge in [-0.1, -0.05) is 46.3 Å². The zero-order chi connectivity index (χ0) is 19.5. The van der Waals surface area contributed by atoms with Crippen LogP contribution >= 0.6 is 27.7 Å². The van der Waals surface area contributed by atoms with Gasteiger partial charge >= 0.3 is 0 Å². The van der Waals surface area contributed by atoms with Crippen LogP contribution in [0.1, 0.15) is 5.56 Å². The van der Waals surface area contributed by atoms with Crippen molar-refractivity contribution in [2.45, 2.75) is 10.6 Å². The summed E-state index contributed by atoms with van der Waals surface area (Å²) in [5.74, 6) is 1.56. The molecular weight excluding hydrogens is 434 g/mol. The molecule has 4 aromatic rings. The summed E-state index contributed by atoms with van der Waals surface area (Å²) in [6.07, 6.45) is 0. The summed E-state index contributed by atoms with van der Waals surface area (Å²) in [6.45, 7) is 0. The predicted octanol–water partition coefficient (Wildman–Crippen LogP) is 6.05. The third-order valence-corrected chi connectivity index (χ3v) is 6.05. The number of hydrogen-bond donors (Lipinski definition) is 0. The second-order valence-corrected chi connectivity index (χ2v) is 8.28. The number of ether oxygens (including phenoxy) is 1. The van der Waals surface area contributed by atoms with Gasteiger partial charge in [0, 0.05) is 21.2 Å². The van der Waals surface area contributed by atoms with Crippen LogP contribution < -0.4 is 10.3 Å². The van der Waals surface area contributed by atoms with E-state index in [-0.39, 0.29) is 5.56 Å². The Bertz CT molecular complexity index is 1190. The molecule has 3 aromatic carbocycles. The first-order valence-corrected chi connectivity index (χ1v) is 10.6. The molecule has 1 heterocycles. The minimum atomic E-state index is -0.0893. The van der Waals surface area contributed by atoms with Crippen molar-refractivity contribution < 1.29 is 4.74 Å². The zero-order valence-electron chi connectivity index (χ0n) is 15.3. The molecule has 0 aliphatic carbocycles.